The molecule has 1 fully saturated rings. The second kappa shape index (κ2) is 6.76. The van der Waals surface area contributed by atoms with Gasteiger partial charge in [0, 0.05) is 35.8 Å². The Labute approximate surface area is 125 Å². The molecule has 1 aliphatic heterocycles. The van der Waals surface area contributed by atoms with E-state index in [1.54, 1.807) is 0 Å². The molecule has 2 nitrogen and oxygen atoms in total. The van der Waals surface area contributed by atoms with E-state index in [4.69, 9.17) is 0 Å². The van der Waals surface area contributed by atoms with Gasteiger partial charge in [-0.15, -0.1) is 0 Å². The Hall–Kier alpha value is -0.540. The number of hydrogen-bond donors (Lipinski definition) is 1. The molecule has 0 saturated carbocycles. The standard InChI is InChI=1S/C16H25BrN2/c1-4-13-7-8-19(11-13)16-6-5-15(17)9-14(16)10-18-12(2)3/h5-6,9,12-13,18H,4,7-8,10-11H2,1-3H3. The van der Waals surface area contributed by atoms with Crippen molar-refractivity contribution in [1.82, 2.24) is 5.32 Å². The molecule has 19 heavy (non-hydrogen) atoms. The van der Waals surface area contributed by atoms with Gasteiger partial charge in [-0.2, -0.15) is 0 Å². The lowest BCUT2D eigenvalue weighted by atomic mass is 10.1. The minimum absolute atomic E-state index is 0.522. The van der Waals surface area contributed by atoms with Gasteiger partial charge in [-0.3, -0.25) is 0 Å². The van der Waals surface area contributed by atoms with Crippen molar-refractivity contribution >= 4 is 21.6 Å². The molecule has 1 saturated heterocycles. The van der Waals surface area contributed by atoms with E-state index < -0.39 is 0 Å². The van der Waals surface area contributed by atoms with E-state index in [1.807, 2.05) is 0 Å². The predicted molar refractivity (Wildman–Crippen MR) is 86.7 cm³/mol. The van der Waals surface area contributed by atoms with Crippen LogP contribution in [0.4, 0.5) is 5.69 Å². The van der Waals surface area contributed by atoms with Crippen molar-refractivity contribution in [3.63, 3.8) is 0 Å². The molecule has 0 spiro atoms. The molecule has 0 radical (unpaired) electrons. The van der Waals surface area contributed by atoms with Gasteiger partial charge in [0.05, 0.1) is 0 Å². The SMILES string of the molecule is CCC1CCN(c2ccc(Br)cc2CNC(C)C)C1. The zero-order chi connectivity index (χ0) is 13.8. The molecule has 2 rings (SSSR count). The molecular weight excluding hydrogens is 300 g/mol. The second-order valence-electron chi connectivity index (χ2n) is 5.82. The molecule has 1 unspecified atom stereocenters. The van der Waals surface area contributed by atoms with Crippen molar-refractivity contribution in [3.05, 3.63) is 28.2 Å². The van der Waals surface area contributed by atoms with Crippen LogP contribution in [0.2, 0.25) is 0 Å². The van der Waals surface area contributed by atoms with Crippen LogP contribution in [0.15, 0.2) is 22.7 Å². The molecular formula is C16H25BrN2. The molecule has 3 heteroatoms. The van der Waals surface area contributed by atoms with Crippen molar-refractivity contribution in [3.8, 4) is 0 Å². The fourth-order valence-corrected chi connectivity index (χ4v) is 3.11. The zero-order valence-corrected chi connectivity index (χ0v) is 13.8. The molecule has 1 atom stereocenters. The maximum Gasteiger partial charge on any atom is 0.0412 e. The fraction of sp³-hybridized carbons (Fsp3) is 0.625. The average Bonchev–Trinajstić information content (AvgIpc) is 2.85. The molecule has 1 heterocycles. The van der Waals surface area contributed by atoms with Gasteiger partial charge in [0.1, 0.15) is 0 Å². The molecule has 0 bridgehead atoms. The van der Waals surface area contributed by atoms with Gasteiger partial charge in [0.15, 0.2) is 0 Å². The lowest BCUT2D eigenvalue weighted by molar-refractivity contribution is 0.568. The van der Waals surface area contributed by atoms with Crippen LogP contribution in [0, 0.1) is 5.92 Å². The highest BCUT2D eigenvalue weighted by molar-refractivity contribution is 9.10. The molecule has 106 valence electrons. The summed E-state index contributed by atoms with van der Waals surface area (Å²) in [5.41, 5.74) is 2.81. The van der Waals surface area contributed by atoms with Crippen molar-refractivity contribution < 1.29 is 0 Å². The number of anilines is 1. The first-order valence-corrected chi connectivity index (χ1v) is 8.16. The fourth-order valence-electron chi connectivity index (χ4n) is 2.70. The van der Waals surface area contributed by atoms with E-state index >= 15 is 0 Å². The third kappa shape index (κ3) is 3.96. The molecule has 0 aromatic heterocycles. The molecule has 1 aliphatic rings. The maximum atomic E-state index is 3.59. The van der Waals surface area contributed by atoms with Crippen LogP contribution < -0.4 is 10.2 Å². The minimum atomic E-state index is 0.522. The normalized spacial score (nSPS) is 19.4. The number of benzene rings is 1. The summed E-state index contributed by atoms with van der Waals surface area (Å²) < 4.78 is 1.17. The third-order valence-corrected chi connectivity index (χ3v) is 4.44. The van der Waals surface area contributed by atoms with Crippen LogP contribution in [-0.4, -0.2) is 19.1 Å². The summed E-state index contributed by atoms with van der Waals surface area (Å²) in [7, 11) is 0. The maximum absolute atomic E-state index is 3.59. The number of hydrogen-bond acceptors (Lipinski definition) is 2. The Bertz CT molecular complexity index is 417. The Morgan fingerprint density at radius 2 is 2.21 bits per heavy atom. The summed E-state index contributed by atoms with van der Waals surface area (Å²) >= 11 is 3.59. The quantitative estimate of drug-likeness (QED) is 0.873. The van der Waals surface area contributed by atoms with Crippen LogP contribution >= 0.6 is 15.9 Å². The lowest BCUT2D eigenvalue weighted by Crippen LogP contribution is -2.25. The number of nitrogens with one attached hydrogen (secondary N) is 1. The summed E-state index contributed by atoms with van der Waals surface area (Å²) in [6.45, 7) is 10.1. The van der Waals surface area contributed by atoms with Crippen LogP contribution in [-0.2, 0) is 6.54 Å². The summed E-state index contributed by atoms with van der Waals surface area (Å²) in [5, 5.41) is 3.53. The van der Waals surface area contributed by atoms with Crippen molar-refractivity contribution in [1.29, 1.82) is 0 Å². The predicted octanol–water partition coefficient (Wildman–Crippen LogP) is 4.18. The molecule has 0 amide bonds. The first-order chi connectivity index (χ1) is 9.10. The monoisotopic (exact) mass is 324 g/mol. The van der Waals surface area contributed by atoms with Crippen LogP contribution in [0.3, 0.4) is 0 Å². The molecule has 1 aromatic carbocycles. The second-order valence-corrected chi connectivity index (χ2v) is 6.73. The molecule has 1 aromatic rings. The molecule has 1 N–H and O–H groups in total. The lowest BCUT2D eigenvalue weighted by Gasteiger charge is -2.23. The summed E-state index contributed by atoms with van der Waals surface area (Å²) in [6.07, 6.45) is 2.64. The van der Waals surface area contributed by atoms with Crippen LogP contribution in [0.5, 0.6) is 0 Å². The number of nitrogens with zero attached hydrogens (tertiary/aromatic N) is 1. The topological polar surface area (TPSA) is 15.3 Å². The number of rotatable bonds is 5. The average molecular weight is 325 g/mol. The zero-order valence-electron chi connectivity index (χ0n) is 12.2. The summed E-state index contributed by atoms with van der Waals surface area (Å²) in [6, 6.07) is 7.20. The van der Waals surface area contributed by atoms with Crippen LogP contribution in [0.1, 0.15) is 39.2 Å². The highest BCUT2D eigenvalue weighted by atomic mass is 79.9. The van der Waals surface area contributed by atoms with Crippen molar-refractivity contribution in [2.45, 2.75) is 46.2 Å². The first-order valence-electron chi connectivity index (χ1n) is 7.37. The van der Waals surface area contributed by atoms with Crippen molar-refractivity contribution in [2.75, 3.05) is 18.0 Å². The Morgan fingerprint density at radius 1 is 1.42 bits per heavy atom. The van der Waals surface area contributed by atoms with E-state index in [1.165, 1.54) is 41.7 Å². The molecule has 0 aliphatic carbocycles. The highest BCUT2D eigenvalue weighted by Crippen LogP contribution is 2.30. The van der Waals surface area contributed by atoms with Gasteiger partial charge in [0.25, 0.3) is 0 Å². The largest absolute Gasteiger partial charge is 0.371 e. The van der Waals surface area contributed by atoms with E-state index in [2.05, 4.69) is 65.1 Å². The minimum Gasteiger partial charge on any atom is -0.371 e. The van der Waals surface area contributed by atoms with E-state index in [0.717, 1.165) is 12.5 Å². The Morgan fingerprint density at radius 3 is 2.84 bits per heavy atom. The van der Waals surface area contributed by atoms with Crippen molar-refractivity contribution in [2.24, 2.45) is 5.92 Å². The third-order valence-electron chi connectivity index (χ3n) is 3.95. The van der Waals surface area contributed by atoms with Gasteiger partial charge >= 0.3 is 0 Å². The Kier molecular flexibility index (Phi) is 5.28. The van der Waals surface area contributed by atoms with Crippen LogP contribution in [0.25, 0.3) is 0 Å². The van der Waals surface area contributed by atoms with Gasteiger partial charge in [0.2, 0.25) is 0 Å². The van der Waals surface area contributed by atoms with E-state index in [9.17, 15) is 0 Å². The van der Waals surface area contributed by atoms with E-state index in [-0.39, 0.29) is 0 Å². The summed E-state index contributed by atoms with van der Waals surface area (Å²) in [4.78, 5) is 2.55. The van der Waals surface area contributed by atoms with Gasteiger partial charge in [-0.1, -0.05) is 43.1 Å². The Balaban J connectivity index is 2.14. The van der Waals surface area contributed by atoms with Gasteiger partial charge < -0.3 is 10.2 Å². The summed E-state index contributed by atoms with van der Waals surface area (Å²) in [5.74, 6) is 0.870. The van der Waals surface area contributed by atoms with Gasteiger partial charge in [-0.05, 0) is 36.1 Å². The van der Waals surface area contributed by atoms with Gasteiger partial charge in [-0.25, -0.2) is 0 Å². The highest BCUT2D eigenvalue weighted by Gasteiger charge is 2.22. The number of halogens is 1. The first kappa shape index (κ1) is 14.9. The smallest absolute Gasteiger partial charge is 0.0412 e. The van der Waals surface area contributed by atoms with E-state index in [0.29, 0.717) is 6.04 Å².